The molecule has 0 aromatic heterocycles. The molecule has 0 fully saturated rings. The molecule has 0 spiro atoms. The second kappa shape index (κ2) is 3.07. The fraction of sp³-hybridized carbons (Fsp3) is 0.400. The molecule has 1 N–H and O–H groups in total. The molecular formula is C5H8O3. The molecule has 0 saturated carbocycles. The zero-order valence-corrected chi connectivity index (χ0v) is 4.84. The summed E-state index contributed by atoms with van der Waals surface area (Å²) < 4.78 is 4.15. The Hall–Kier alpha value is -0.990. The molecule has 0 heterocycles. The van der Waals surface area contributed by atoms with Gasteiger partial charge in [-0.1, -0.05) is 0 Å². The van der Waals surface area contributed by atoms with Crippen LogP contribution in [-0.4, -0.2) is 18.2 Å². The van der Waals surface area contributed by atoms with E-state index in [2.05, 4.69) is 4.74 Å². The van der Waals surface area contributed by atoms with Crippen LogP contribution in [0.4, 0.5) is 0 Å². The summed E-state index contributed by atoms with van der Waals surface area (Å²) >= 11 is 0. The molecule has 0 unspecified atom stereocenters. The number of aliphatic hydroxyl groups is 1. The average Bonchev–Trinajstić information content (AvgIpc) is 1.84. The highest BCUT2D eigenvalue weighted by Crippen LogP contribution is 1.88. The van der Waals surface area contributed by atoms with Crippen molar-refractivity contribution in [3.8, 4) is 0 Å². The standard InChI is InChI=1S/C5H8O3/c1-3-4(6)5(7)8-2/h3,6H,1-2H3. The van der Waals surface area contributed by atoms with E-state index in [1.54, 1.807) is 6.92 Å². The van der Waals surface area contributed by atoms with E-state index in [4.69, 9.17) is 5.11 Å². The van der Waals surface area contributed by atoms with Crippen LogP contribution in [0, 0.1) is 0 Å². The number of carbonyl (C=O) groups is 1. The van der Waals surface area contributed by atoms with Crippen LogP contribution < -0.4 is 0 Å². The number of ether oxygens (including phenoxy) is 1. The number of hydrogen-bond acceptors (Lipinski definition) is 3. The van der Waals surface area contributed by atoms with Crippen molar-refractivity contribution in [3.63, 3.8) is 0 Å². The molecule has 0 rings (SSSR count). The van der Waals surface area contributed by atoms with Crippen LogP contribution in [0.1, 0.15) is 6.92 Å². The molecule has 0 aromatic carbocycles. The molecule has 0 aliphatic rings. The number of hydrogen-bond donors (Lipinski definition) is 1. The van der Waals surface area contributed by atoms with E-state index in [1.165, 1.54) is 13.2 Å². The van der Waals surface area contributed by atoms with Crippen molar-refractivity contribution in [2.45, 2.75) is 6.92 Å². The minimum absolute atomic E-state index is 0.354. The largest absolute Gasteiger partial charge is 0.502 e. The first-order valence-corrected chi connectivity index (χ1v) is 2.16. The first-order valence-electron chi connectivity index (χ1n) is 2.16. The van der Waals surface area contributed by atoms with E-state index in [9.17, 15) is 4.79 Å². The third kappa shape index (κ3) is 1.64. The van der Waals surface area contributed by atoms with Crippen LogP contribution in [0.15, 0.2) is 11.8 Å². The SMILES string of the molecule is CC=C(O)C(=O)OC. The Bertz CT molecular complexity index is 115. The Kier molecular flexibility index (Phi) is 2.69. The summed E-state index contributed by atoms with van der Waals surface area (Å²) in [4.78, 5) is 10.2. The third-order valence-corrected chi connectivity index (χ3v) is 0.668. The van der Waals surface area contributed by atoms with Gasteiger partial charge in [0.2, 0.25) is 0 Å². The average molecular weight is 116 g/mol. The molecule has 0 aliphatic heterocycles. The monoisotopic (exact) mass is 116 g/mol. The van der Waals surface area contributed by atoms with Gasteiger partial charge in [0.1, 0.15) is 0 Å². The molecule has 3 heteroatoms. The highest BCUT2D eigenvalue weighted by molar-refractivity contribution is 5.85. The van der Waals surface area contributed by atoms with Crippen LogP contribution in [0.25, 0.3) is 0 Å². The van der Waals surface area contributed by atoms with E-state index in [1.807, 2.05) is 0 Å². The fourth-order valence-electron chi connectivity index (χ4n) is 0.222. The van der Waals surface area contributed by atoms with Crippen molar-refractivity contribution < 1.29 is 14.6 Å². The summed E-state index contributed by atoms with van der Waals surface area (Å²) in [6.07, 6.45) is 1.27. The minimum atomic E-state index is -0.701. The Labute approximate surface area is 47.6 Å². The molecular weight excluding hydrogens is 108 g/mol. The van der Waals surface area contributed by atoms with Gasteiger partial charge in [0, 0.05) is 0 Å². The lowest BCUT2D eigenvalue weighted by Crippen LogP contribution is -2.02. The van der Waals surface area contributed by atoms with Gasteiger partial charge in [-0.3, -0.25) is 0 Å². The molecule has 8 heavy (non-hydrogen) atoms. The number of rotatable bonds is 1. The van der Waals surface area contributed by atoms with Gasteiger partial charge in [0.15, 0.2) is 5.76 Å². The molecule has 0 amide bonds. The van der Waals surface area contributed by atoms with E-state index < -0.39 is 5.97 Å². The van der Waals surface area contributed by atoms with E-state index in [0.717, 1.165) is 0 Å². The van der Waals surface area contributed by atoms with Gasteiger partial charge in [-0.05, 0) is 13.0 Å². The maximum absolute atomic E-state index is 10.2. The van der Waals surface area contributed by atoms with Gasteiger partial charge >= 0.3 is 5.97 Å². The first kappa shape index (κ1) is 7.01. The predicted molar refractivity (Wildman–Crippen MR) is 28.4 cm³/mol. The predicted octanol–water partition coefficient (Wildman–Crippen LogP) is 0.621. The van der Waals surface area contributed by atoms with Gasteiger partial charge in [-0.2, -0.15) is 0 Å². The van der Waals surface area contributed by atoms with Crippen molar-refractivity contribution in [2.24, 2.45) is 0 Å². The number of esters is 1. The Morgan fingerprint density at radius 1 is 1.75 bits per heavy atom. The number of aliphatic hydroxyl groups excluding tert-OH is 1. The molecule has 46 valence electrons. The van der Waals surface area contributed by atoms with E-state index in [-0.39, 0.29) is 5.76 Å². The Balaban J connectivity index is 3.83. The highest BCUT2D eigenvalue weighted by atomic mass is 16.5. The van der Waals surface area contributed by atoms with E-state index >= 15 is 0 Å². The van der Waals surface area contributed by atoms with Crippen molar-refractivity contribution in [2.75, 3.05) is 7.11 Å². The molecule has 0 atom stereocenters. The van der Waals surface area contributed by atoms with Gasteiger partial charge < -0.3 is 9.84 Å². The normalized spacial score (nSPS) is 11.0. The summed E-state index contributed by atoms with van der Waals surface area (Å²) in [6.45, 7) is 1.55. The smallest absolute Gasteiger partial charge is 0.372 e. The fourth-order valence-corrected chi connectivity index (χ4v) is 0.222. The van der Waals surface area contributed by atoms with Crippen LogP contribution in [0.2, 0.25) is 0 Å². The third-order valence-electron chi connectivity index (χ3n) is 0.668. The van der Waals surface area contributed by atoms with Crippen LogP contribution in [0.5, 0.6) is 0 Å². The summed E-state index contributed by atoms with van der Waals surface area (Å²) in [5.41, 5.74) is 0. The van der Waals surface area contributed by atoms with Gasteiger partial charge in [-0.15, -0.1) is 0 Å². The van der Waals surface area contributed by atoms with Crippen LogP contribution >= 0.6 is 0 Å². The van der Waals surface area contributed by atoms with Crippen LogP contribution in [-0.2, 0) is 9.53 Å². The lowest BCUT2D eigenvalue weighted by atomic mass is 10.5. The first-order chi connectivity index (χ1) is 3.72. The Morgan fingerprint density at radius 3 is 2.38 bits per heavy atom. The second-order valence-electron chi connectivity index (χ2n) is 1.17. The maximum Gasteiger partial charge on any atom is 0.372 e. The molecule has 3 nitrogen and oxygen atoms in total. The van der Waals surface area contributed by atoms with Gasteiger partial charge in [0.05, 0.1) is 7.11 Å². The lowest BCUT2D eigenvalue weighted by Gasteiger charge is -1.92. The van der Waals surface area contributed by atoms with Crippen molar-refractivity contribution in [1.82, 2.24) is 0 Å². The summed E-state index contributed by atoms with van der Waals surface area (Å²) in [5, 5.41) is 8.51. The quantitative estimate of drug-likeness (QED) is 0.310. The number of allylic oxidation sites excluding steroid dienone is 1. The minimum Gasteiger partial charge on any atom is -0.502 e. The van der Waals surface area contributed by atoms with E-state index in [0.29, 0.717) is 0 Å². The topological polar surface area (TPSA) is 46.5 Å². The zero-order chi connectivity index (χ0) is 6.57. The number of methoxy groups -OCH3 is 1. The van der Waals surface area contributed by atoms with Crippen molar-refractivity contribution in [1.29, 1.82) is 0 Å². The van der Waals surface area contributed by atoms with Crippen molar-refractivity contribution in [3.05, 3.63) is 11.8 Å². The number of carbonyl (C=O) groups excluding carboxylic acids is 1. The zero-order valence-electron chi connectivity index (χ0n) is 4.84. The van der Waals surface area contributed by atoms with Crippen molar-refractivity contribution >= 4 is 5.97 Å². The lowest BCUT2D eigenvalue weighted by molar-refractivity contribution is -0.139. The summed E-state index contributed by atoms with van der Waals surface area (Å²) in [5.74, 6) is -1.06. The van der Waals surface area contributed by atoms with Gasteiger partial charge in [0.25, 0.3) is 0 Å². The second-order valence-corrected chi connectivity index (χ2v) is 1.17. The maximum atomic E-state index is 10.2. The summed E-state index contributed by atoms with van der Waals surface area (Å²) in [6, 6.07) is 0. The molecule has 0 radical (unpaired) electrons. The molecule has 0 saturated heterocycles. The van der Waals surface area contributed by atoms with Gasteiger partial charge in [-0.25, -0.2) is 4.79 Å². The van der Waals surface area contributed by atoms with Crippen LogP contribution in [0.3, 0.4) is 0 Å². The molecule has 0 bridgehead atoms. The molecule has 0 aliphatic carbocycles. The Morgan fingerprint density at radius 2 is 2.25 bits per heavy atom. The molecule has 0 aromatic rings. The highest BCUT2D eigenvalue weighted by Gasteiger charge is 2.02. The summed E-state index contributed by atoms with van der Waals surface area (Å²) in [7, 11) is 1.21.